The van der Waals surface area contributed by atoms with Gasteiger partial charge >= 0.3 is 0 Å². The van der Waals surface area contributed by atoms with Gasteiger partial charge in [-0.2, -0.15) is 0 Å². The molecule has 0 spiro atoms. The van der Waals surface area contributed by atoms with Crippen LogP contribution in [-0.4, -0.2) is 41.3 Å². The molecule has 3 aromatic rings. The van der Waals surface area contributed by atoms with E-state index in [9.17, 15) is 14.4 Å². The van der Waals surface area contributed by atoms with Gasteiger partial charge in [0.15, 0.2) is 0 Å². The molecule has 1 atom stereocenters. The fourth-order valence-electron chi connectivity index (χ4n) is 5.06. The van der Waals surface area contributed by atoms with E-state index < -0.39 is 6.04 Å². The third-order valence-electron chi connectivity index (χ3n) is 6.83. The summed E-state index contributed by atoms with van der Waals surface area (Å²) in [6.07, 6.45) is 1.56. The van der Waals surface area contributed by atoms with E-state index in [0.29, 0.717) is 36.3 Å². The lowest BCUT2D eigenvalue weighted by atomic mass is 10.0. The van der Waals surface area contributed by atoms with E-state index in [2.05, 4.69) is 5.32 Å². The van der Waals surface area contributed by atoms with Gasteiger partial charge in [0, 0.05) is 18.7 Å². The van der Waals surface area contributed by atoms with Crippen molar-refractivity contribution in [1.82, 2.24) is 10.2 Å². The van der Waals surface area contributed by atoms with Gasteiger partial charge in [-0.25, -0.2) is 0 Å². The minimum atomic E-state index is -0.469. The lowest BCUT2D eigenvalue weighted by Crippen LogP contribution is -2.44. The Morgan fingerprint density at radius 3 is 2.51 bits per heavy atom. The number of carbonyl (C=O) groups is 3. The van der Waals surface area contributed by atoms with Crippen LogP contribution in [0, 0.1) is 0 Å². The predicted octanol–water partition coefficient (Wildman–Crippen LogP) is 4.56. The molecule has 190 valence electrons. The first-order chi connectivity index (χ1) is 17.9. The summed E-state index contributed by atoms with van der Waals surface area (Å²) >= 11 is 0. The van der Waals surface area contributed by atoms with Crippen LogP contribution in [0.15, 0.2) is 72.8 Å². The summed E-state index contributed by atoms with van der Waals surface area (Å²) < 4.78 is 5.68. The van der Waals surface area contributed by atoms with Gasteiger partial charge in [-0.05, 0) is 68.1 Å². The molecule has 3 aromatic carbocycles. The van der Waals surface area contributed by atoms with E-state index in [1.54, 1.807) is 21.9 Å². The van der Waals surface area contributed by atoms with Gasteiger partial charge < -0.3 is 19.9 Å². The molecule has 7 nitrogen and oxygen atoms in total. The summed E-state index contributed by atoms with van der Waals surface area (Å²) in [5.41, 5.74) is 3.30. The molecule has 2 aliphatic rings. The summed E-state index contributed by atoms with van der Waals surface area (Å²) in [5, 5.41) is 2.99. The number of rotatable bonds is 7. The number of anilines is 1. The number of hydrogen-bond donors (Lipinski definition) is 1. The first-order valence-electron chi connectivity index (χ1n) is 12.8. The molecule has 2 heterocycles. The van der Waals surface area contributed by atoms with Crippen LogP contribution in [0.5, 0.6) is 5.75 Å². The third kappa shape index (κ3) is 5.07. The molecule has 3 amide bonds. The maximum atomic E-state index is 13.6. The number of nitrogens with zero attached hydrogens (tertiary/aromatic N) is 2. The standard InChI is InChI=1S/C30H31N3O4/c1-20(2)37-23-15-13-21(14-16-23)18-31-28(34)24-9-4-3-8-22(24)19-33-26-11-6-5-10-25(26)29(35)32-17-7-12-27(32)30(33)36/h3-6,8-11,13-16,20,27H,7,12,17-19H2,1-2H3,(H,31,34). The van der Waals surface area contributed by atoms with Gasteiger partial charge in [-0.1, -0.05) is 42.5 Å². The monoisotopic (exact) mass is 497 g/mol. The minimum Gasteiger partial charge on any atom is -0.491 e. The van der Waals surface area contributed by atoms with E-state index in [1.165, 1.54) is 0 Å². The van der Waals surface area contributed by atoms with E-state index in [4.69, 9.17) is 4.74 Å². The molecule has 7 heteroatoms. The van der Waals surface area contributed by atoms with E-state index in [0.717, 1.165) is 23.3 Å². The van der Waals surface area contributed by atoms with E-state index >= 15 is 0 Å². The first kappa shape index (κ1) is 24.6. The van der Waals surface area contributed by atoms with Crippen molar-refractivity contribution in [3.8, 4) is 5.75 Å². The second-order valence-corrected chi connectivity index (χ2v) is 9.75. The lowest BCUT2D eigenvalue weighted by molar-refractivity contribution is -0.122. The number of benzene rings is 3. The van der Waals surface area contributed by atoms with Crippen LogP contribution in [-0.2, 0) is 17.9 Å². The predicted molar refractivity (Wildman–Crippen MR) is 142 cm³/mol. The molecule has 5 rings (SSSR count). The highest BCUT2D eigenvalue weighted by molar-refractivity contribution is 6.11. The number of nitrogens with one attached hydrogen (secondary N) is 1. The van der Waals surface area contributed by atoms with Gasteiger partial charge in [0.1, 0.15) is 11.8 Å². The highest BCUT2D eigenvalue weighted by atomic mass is 16.5. The Morgan fingerprint density at radius 2 is 1.73 bits per heavy atom. The Labute approximate surface area is 217 Å². The Balaban J connectivity index is 1.36. The van der Waals surface area contributed by atoms with Crippen molar-refractivity contribution in [1.29, 1.82) is 0 Å². The van der Waals surface area contributed by atoms with Crippen molar-refractivity contribution in [2.75, 3.05) is 11.4 Å². The second-order valence-electron chi connectivity index (χ2n) is 9.75. The molecular weight excluding hydrogens is 466 g/mol. The van der Waals surface area contributed by atoms with Crippen molar-refractivity contribution in [2.45, 2.75) is 51.9 Å². The number of carbonyl (C=O) groups excluding carboxylic acids is 3. The van der Waals surface area contributed by atoms with Gasteiger partial charge in [-0.15, -0.1) is 0 Å². The molecule has 0 aliphatic carbocycles. The van der Waals surface area contributed by atoms with Crippen molar-refractivity contribution in [3.63, 3.8) is 0 Å². The van der Waals surface area contributed by atoms with Gasteiger partial charge in [0.25, 0.3) is 11.8 Å². The average Bonchev–Trinajstić information content (AvgIpc) is 3.38. The molecule has 2 aliphatic heterocycles. The molecule has 1 N–H and O–H groups in total. The largest absolute Gasteiger partial charge is 0.491 e. The van der Waals surface area contributed by atoms with Gasteiger partial charge in [0.05, 0.1) is 23.9 Å². The zero-order chi connectivity index (χ0) is 25.9. The molecule has 1 saturated heterocycles. The minimum absolute atomic E-state index is 0.0972. The van der Waals surface area contributed by atoms with E-state index in [-0.39, 0.29) is 30.4 Å². The van der Waals surface area contributed by atoms with Crippen LogP contribution >= 0.6 is 0 Å². The average molecular weight is 498 g/mol. The van der Waals surface area contributed by atoms with Crippen LogP contribution in [0.4, 0.5) is 5.69 Å². The summed E-state index contributed by atoms with van der Waals surface area (Å²) in [6.45, 7) is 5.11. The van der Waals surface area contributed by atoms with Crippen molar-refractivity contribution >= 4 is 23.4 Å². The SMILES string of the molecule is CC(C)Oc1ccc(CNC(=O)c2ccccc2CN2C(=O)C3CCCN3C(=O)c3ccccc32)cc1. The third-order valence-corrected chi connectivity index (χ3v) is 6.83. The highest BCUT2D eigenvalue weighted by Crippen LogP contribution is 2.33. The summed E-state index contributed by atoms with van der Waals surface area (Å²) in [6, 6.07) is 21.7. The highest BCUT2D eigenvalue weighted by Gasteiger charge is 2.42. The Kier molecular flexibility index (Phi) is 6.95. The van der Waals surface area contributed by atoms with Crippen molar-refractivity contribution < 1.29 is 19.1 Å². The van der Waals surface area contributed by atoms with Crippen LogP contribution in [0.25, 0.3) is 0 Å². The first-order valence-corrected chi connectivity index (χ1v) is 12.8. The molecule has 37 heavy (non-hydrogen) atoms. The number of para-hydroxylation sites is 1. The quantitative estimate of drug-likeness (QED) is 0.519. The normalized spacial score (nSPS) is 16.9. The lowest BCUT2D eigenvalue weighted by Gasteiger charge is -2.26. The van der Waals surface area contributed by atoms with Crippen molar-refractivity contribution in [2.24, 2.45) is 0 Å². The molecule has 0 aromatic heterocycles. The summed E-state index contributed by atoms with van der Waals surface area (Å²) in [7, 11) is 0. The zero-order valence-corrected chi connectivity index (χ0v) is 21.1. The molecule has 0 bridgehead atoms. The van der Waals surface area contributed by atoms with Crippen molar-refractivity contribution in [3.05, 3.63) is 95.1 Å². The Bertz CT molecular complexity index is 1320. The Morgan fingerprint density at radius 1 is 1.00 bits per heavy atom. The van der Waals surface area contributed by atoms with E-state index in [1.807, 2.05) is 74.5 Å². The number of amides is 3. The smallest absolute Gasteiger partial charge is 0.256 e. The summed E-state index contributed by atoms with van der Waals surface area (Å²) in [4.78, 5) is 43.4. The van der Waals surface area contributed by atoms with Gasteiger partial charge in [-0.3, -0.25) is 14.4 Å². The number of ether oxygens (including phenoxy) is 1. The second kappa shape index (κ2) is 10.5. The molecule has 0 radical (unpaired) electrons. The zero-order valence-electron chi connectivity index (χ0n) is 21.1. The Hall–Kier alpha value is -4.13. The van der Waals surface area contributed by atoms with Crippen LogP contribution < -0.4 is 15.0 Å². The maximum Gasteiger partial charge on any atom is 0.256 e. The molecule has 0 saturated carbocycles. The number of fused-ring (bicyclic) bond motifs is 2. The van der Waals surface area contributed by atoms with Crippen LogP contribution in [0.2, 0.25) is 0 Å². The summed E-state index contributed by atoms with van der Waals surface area (Å²) in [5.74, 6) is 0.365. The molecular formula is C30H31N3O4. The fourth-order valence-corrected chi connectivity index (χ4v) is 5.06. The topological polar surface area (TPSA) is 79.0 Å². The fraction of sp³-hybridized carbons (Fsp3) is 0.300. The van der Waals surface area contributed by atoms with Crippen LogP contribution in [0.1, 0.15) is 58.5 Å². The molecule has 1 fully saturated rings. The van der Waals surface area contributed by atoms with Gasteiger partial charge in [0.2, 0.25) is 5.91 Å². The van der Waals surface area contributed by atoms with Crippen LogP contribution in [0.3, 0.4) is 0 Å². The molecule has 1 unspecified atom stereocenters. The maximum absolute atomic E-state index is 13.6. The number of hydrogen-bond acceptors (Lipinski definition) is 4.